The molecule has 6 heteroatoms. The molecule has 0 unspecified atom stereocenters. The summed E-state index contributed by atoms with van der Waals surface area (Å²) in [6.07, 6.45) is 4.72. The molecule has 0 saturated carbocycles. The van der Waals surface area contributed by atoms with Gasteiger partial charge in [-0.15, -0.1) is 35.3 Å². The average Bonchev–Trinajstić information content (AvgIpc) is 3.07. The van der Waals surface area contributed by atoms with E-state index in [0.29, 0.717) is 0 Å². The van der Waals surface area contributed by atoms with E-state index in [1.807, 2.05) is 19.4 Å². The molecule has 2 aromatic rings. The third kappa shape index (κ3) is 6.05. The van der Waals surface area contributed by atoms with Gasteiger partial charge in [0.25, 0.3) is 0 Å². The smallest absolute Gasteiger partial charge is 0.191 e. The van der Waals surface area contributed by atoms with Gasteiger partial charge in [-0.3, -0.25) is 9.98 Å². The van der Waals surface area contributed by atoms with Gasteiger partial charge in [0.05, 0.1) is 0 Å². The van der Waals surface area contributed by atoms with Crippen LogP contribution in [-0.4, -0.2) is 31.1 Å². The normalized spacial score (nSPS) is 11.8. The summed E-state index contributed by atoms with van der Waals surface area (Å²) in [5.74, 6) is 0.848. The second-order valence-electron chi connectivity index (χ2n) is 6.27. The van der Waals surface area contributed by atoms with Crippen LogP contribution in [0.25, 0.3) is 0 Å². The molecule has 0 aliphatic rings. The second kappa shape index (κ2) is 9.98. The molecule has 2 aromatic heterocycles. The standard InChI is InChI=1S/C18H26N4S.HI/c1-14-12-20-9-7-15(14)8-10-21-17(19-4)22-13-18(2,3)16-6-5-11-23-16;/h5-7,9,11-12H,8,10,13H2,1-4H3,(H2,19,21,22);1H. The maximum atomic E-state index is 4.31. The Bertz CT molecular complexity index is 638. The van der Waals surface area contributed by atoms with Crippen molar-refractivity contribution in [1.82, 2.24) is 15.6 Å². The number of thiophene rings is 1. The molecule has 4 nitrogen and oxygen atoms in total. The number of halogens is 1. The summed E-state index contributed by atoms with van der Waals surface area (Å²) in [6, 6.07) is 6.37. The van der Waals surface area contributed by atoms with E-state index in [9.17, 15) is 0 Å². The fraction of sp³-hybridized carbons (Fsp3) is 0.444. The van der Waals surface area contributed by atoms with Crippen LogP contribution in [0.5, 0.6) is 0 Å². The van der Waals surface area contributed by atoms with Crippen LogP contribution in [0, 0.1) is 6.92 Å². The lowest BCUT2D eigenvalue weighted by Crippen LogP contribution is -2.43. The van der Waals surface area contributed by atoms with E-state index < -0.39 is 0 Å². The highest BCUT2D eigenvalue weighted by molar-refractivity contribution is 14.0. The highest BCUT2D eigenvalue weighted by Gasteiger charge is 2.21. The lowest BCUT2D eigenvalue weighted by Gasteiger charge is -2.25. The van der Waals surface area contributed by atoms with E-state index in [-0.39, 0.29) is 29.4 Å². The molecule has 2 N–H and O–H groups in total. The Kier molecular flexibility index (Phi) is 8.69. The molecule has 2 heterocycles. The Balaban J connectivity index is 0.00000288. The van der Waals surface area contributed by atoms with Crippen molar-refractivity contribution in [2.45, 2.75) is 32.6 Å². The van der Waals surface area contributed by atoms with Gasteiger partial charge in [0.15, 0.2) is 5.96 Å². The number of aromatic nitrogens is 1. The topological polar surface area (TPSA) is 49.3 Å². The Morgan fingerprint density at radius 2 is 2.08 bits per heavy atom. The number of nitrogens with zero attached hydrogens (tertiary/aromatic N) is 2. The third-order valence-electron chi connectivity index (χ3n) is 3.93. The van der Waals surface area contributed by atoms with Crippen molar-refractivity contribution in [1.29, 1.82) is 0 Å². The largest absolute Gasteiger partial charge is 0.356 e. The second-order valence-corrected chi connectivity index (χ2v) is 7.21. The first kappa shape index (κ1) is 20.9. The zero-order valence-corrected chi connectivity index (χ0v) is 17.9. The fourth-order valence-electron chi connectivity index (χ4n) is 2.37. The zero-order valence-electron chi connectivity index (χ0n) is 14.8. The molecule has 2 rings (SSSR count). The number of rotatable bonds is 6. The Morgan fingerprint density at radius 3 is 2.71 bits per heavy atom. The van der Waals surface area contributed by atoms with E-state index in [1.54, 1.807) is 11.3 Å². The van der Waals surface area contributed by atoms with Crippen molar-refractivity contribution in [3.05, 3.63) is 52.0 Å². The van der Waals surface area contributed by atoms with Crippen molar-refractivity contribution < 1.29 is 0 Å². The summed E-state index contributed by atoms with van der Waals surface area (Å²) >= 11 is 1.80. The maximum Gasteiger partial charge on any atom is 0.191 e. The van der Waals surface area contributed by atoms with Crippen molar-refractivity contribution in [2.24, 2.45) is 4.99 Å². The number of pyridine rings is 1. The predicted octanol–water partition coefficient (Wildman–Crippen LogP) is 3.75. The first-order valence-corrected chi connectivity index (χ1v) is 8.79. The molecule has 0 saturated heterocycles. The molecule has 0 spiro atoms. The molecular formula is C18H27IN4S. The van der Waals surface area contributed by atoms with Crippen molar-refractivity contribution in [3.63, 3.8) is 0 Å². The van der Waals surface area contributed by atoms with E-state index in [2.05, 4.69) is 65.0 Å². The summed E-state index contributed by atoms with van der Waals surface area (Å²) in [6.45, 7) is 8.29. The van der Waals surface area contributed by atoms with Gasteiger partial charge in [-0.25, -0.2) is 0 Å². The van der Waals surface area contributed by atoms with Crippen LogP contribution >= 0.6 is 35.3 Å². The van der Waals surface area contributed by atoms with Gasteiger partial charge in [0.2, 0.25) is 0 Å². The molecule has 0 aromatic carbocycles. The molecule has 0 radical (unpaired) electrons. The summed E-state index contributed by atoms with van der Waals surface area (Å²) < 4.78 is 0. The number of hydrogen-bond donors (Lipinski definition) is 2. The Labute approximate surface area is 166 Å². The molecule has 0 amide bonds. The predicted molar refractivity (Wildman–Crippen MR) is 115 cm³/mol. The fourth-order valence-corrected chi connectivity index (χ4v) is 3.23. The monoisotopic (exact) mass is 458 g/mol. The average molecular weight is 458 g/mol. The third-order valence-corrected chi connectivity index (χ3v) is 5.17. The number of nitrogens with one attached hydrogen (secondary N) is 2. The van der Waals surface area contributed by atoms with Gasteiger partial charge in [0, 0.05) is 42.8 Å². The van der Waals surface area contributed by atoms with E-state index in [4.69, 9.17) is 0 Å². The van der Waals surface area contributed by atoms with Gasteiger partial charge in [-0.1, -0.05) is 19.9 Å². The Hall–Kier alpha value is -1.15. The van der Waals surface area contributed by atoms with E-state index in [1.165, 1.54) is 16.0 Å². The summed E-state index contributed by atoms with van der Waals surface area (Å²) in [5.41, 5.74) is 2.64. The zero-order chi connectivity index (χ0) is 16.7. The number of guanidine groups is 1. The molecule has 0 aliphatic carbocycles. The first-order chi connectivity index (χ1) is 11.0. The molecule has 24 heavy (non-hydrogen) atoms. The molecule has 0 atom stereocenters. The van der Waals surface area contributed by atoms with Crippen LogP contribution in [0.3, 0.4) is 0 Å². The van der Waals surface area contributed by atoms with Crippen LogP contribution in [0.2, 0.25) is 0 Å². The summed E-state index contributed by atoms with van der Waals surface area (Å²) in [7, 11) is 1.81. The van der Waals surface area contributed by atoms with Crippen LogP contribution in [0.4, 0.5) is 0 Å². The quantitative estimate of drug-likeness (QED) is 0.394. The van der Waals surface area contributed by atoms with Crippen LogP contribution in [0.15, 0.2) is 41.0 Å². The van der Waals surface area contributed by atoms with Crippen LogP contribution < -0.4 is 10.6 Å². The SMILES string of the molecule is CN=C(NCCc1ccncc1C)NCC(C)(C)c1cccs1.I. The highest BCUT2D eigenvalue weighted by atomic mass is 127. The molecule has 132 valence electrons. The van der Waals surface area contributed by atoms with Gasteiger partial charge in [-0.2, -0.15) is 0 Å². The molecular weight excluding hydrogens is 431 g/mol. The van der Waals surface area contributed by atoms with Crippen LogP contribution in [-0.2, 0) is 11.8 Å². The maximum absolute atomic E-state index is 4.31. The van der Waals surface area contributed by atoms with Crippen molar-refractivity contribution in [3.8, 4) is 0 Å². The molecule has 0 fully saturated rings. The van der Waals surface area contributed by atoms with Gasteiger partial charge < -0.3 is 10.6 Å². The lowest BCUT2D eigenvalue weighted by atomic mass is 9.91. The number of aryl methyl sites for hydroxylation is 1. The molecule has 0 bridgehead atoms. The highest BCUT2D eigenvalue weighted by Crippen LogP contribution is 2.26. The number of hydrogen-bond acceptors (Lipinski definition) is 3. The minimum absolute atomic E-state index is 0. The van der Waals surface area contributed by atoms with Gasteiger partial charge in [-0.05, 0) is 42.0 Å². The summed E-state index contributed by atoms with van der Waals surface area (Å²) in [5, 5.41) is 8.94. The van der Waals surface area contributed by atoms with Gasteiger partial charge >= 0.3 is 0 Å². The molecule has 0 aliphatic heterocycles. The van der Waals surface area contributed by atoms with Crippen molar-refractivity contribution >= 4 is 41.3 Å². The van der Waals surface area contributed by atoms with Crippen molar-refractivity contribution in [2.75, 3.05) is 20.1 Å². The van der Waals surface area contributed by atoms with Gasteiger partial charge in [0.1, 0.15) is 0 Å². The Morgan fingerprint density at radius 1 is 1.29 bits per heavy atom. The van der Waals surface area contributed by atoms with E-state index in [0.717, 1.165) is 25.5 Å². The lowest BCUT2D eigenvalue weighted by molar-refractivity contribution is 0.518. The van der Waals surface area contributed by atoms with Crippen LogP contribution in [0.1, 0.15) is 29.9 Å². The number of aliphatic imine (C=N–C) groups is 1. The summed E-state index contributed by atoms with van der Waals surface area (Å²) in [4.78, 5) is 9.82. The minimum Gasteiger partial charge on any atom is -0.356 e. The first-order valence-electron chi connectivity index (χ1n) is 7.91. The minimum atomic E-state index is 0. The van der Waals surface area contributed by atoms with E-state index >= 15 is 0 Å².